The minimum absolute atomic E-state index is 0.117. The van der Waals surface area contributed by atoms with E-state index in [1.54, 1.807) is 22.5 Å². The maximum Gasteiger partial charge on any atom is 0.274 e. The van der Waals surface area contributed by atoms with Gasteiger partial charge in [-0.05, 0) is 47.0 Å². The standard InChI is InChI=1S/C26H27N5O4/c1-3-23(32)27-11-17-6-9-21-19(10-17)24-20-13-30(15-29(2)26(20)34)14-22(24)31(21)12-16-4-7-18(8-5-16)25(33)28-35/h3-10,20,35H,1,11-15H2,2H3,(H,27,32)(H,28,33). The molecule has 0 aliphatic carbocycles. The van der Waals surface area contributed by atoms with Gasteiger partial charge in [0.15, 0.2) is 0 Å². The highest BCUT2D eigenvalue weighted by Crippen LogP contribution is 2.40. The molecule has 0 saturated carbocycles. The van der Waals surface area contributed by atoms with Gasteiger partial charge < -0.3 is 14.8 Å². The van der Waals surface area contributed by atoms with Gasteiger partial charge in [0.2, 0.25) is 11.8 Å². The van der Waals surface area contributed by atoms with Crippen LogP contribution in [-0.4, -0.2) is 57.6 Å². The van der Waals surface area contributed by atoms with Gasteiger partial charge >= 0.3 is 0 Å². The predicted molar refractivity (Wildman–Crippen MR) is 130 cm³/mol. The number of hydrogen-bond acceptors (Lipinski definition) is 5. The van der Waals surface area contributed by atoms with Crippen molar-refractivity contribution in [1.29, 1.82) is 0 Å². The number of likely N-dealkylation sites (N-methyl/N-ethyl adjacent to an activating group) is 1. The summed E-state index contributed by atoms with van der Waals surface area (Å²) in [6, 6.07) is 13.2. The Hall–Kier alpha value is -3.95. The van der Waals surface area contributed by atoms with Crippen LogP contribution < -0.4 is 10.8 Å². The Bertz CT molecular complexity index is 1340. The Balaban J connectivity index is 1.59. The molecule has 5 rings (SSSR count). The maximum atomic E-state index is 13.1. The first-order chi connectivity index (χ1) is 16.9. The number of benzene rings is 2. The van der Waals surface area contributed by atoms with Crippen LogP contribution in [0.5, 0.6) is 0 Å². The Morgan fingerprint density at radius 2 is 1.91 bits per heavy atom. The molecule has 3 amide bonds. The molecule has 2 unspecified atom stereocenters. The van der Waals surface area contributed by atoms with Gasteiger partial charge in [-0.2, -0.15) is 0 Å². The highest BCUT2D eigenvalue weighted by atomic mass is 16.5. The average Bonchev–Trinajstić information content (AvgIpc) is 3.17. The van der Waals surface area contributed by atoms with Crippen molar-refractivity contribution in [2.24, 2.45) is 0 Å². The fourth-order valence-electron chi connectivity index (χ4n) is 5.17. The third-order valence-corrected chi connectivity index (χ3v) is 6.84. The molecule has 180 valence electrons. The number of hydrogen-bond donors (Lipinski definition) is 3. The average molecular weight is 474 g/mol. The van der Waals surface area contributed by atoms with E-state index in [9.17, 15) is 14.4 Å². The molecule has 3 N–H and O–H groups in total. The molecule has 0 spiro atoms. The van der Waals surface area contributed by atoms with Crippen LogP contribution in [0.1, 0.15) is 38.7 Å². The van der Waals surface area contributed by atoms with Gasteiger partial charge in [-0.15, -0.1) is 0 Å². The van der Waals surface area contributed by atoms with Crippen molar-refractivity contribution in [3.05, 3.63) is 83.1 Å². The molecule has 1 aromatic heterocycles. The van der Waals surface area contributed by atoms with E-state index in [1.807, 2.05) is 31.3 Å². The molecule has 1 saturated heterocycles. The topological polar surface area (TPSA) is 107 Å². The lowest BCUT2D eigenvalue weighted by atomic mass is 9.89. The number of carbonyl (C=O) groups excluding carboxylic acids is 3. The monoisotopic (exact) mass is 473 g/mol. The first-order valence-corrected chi connectivity index (χ1v) is 11.4. The lowest BCUT2D eigenvalue weighted by Crippen LogP contribution is -2.52. The van der Waals surface area contributed by atoms with E-state index in [0.29, 0.717) is 31.9 Å². The van der Waals surface area contributed by atoms with Crippen LogP contribution in [0.4, 0.5) is 0 Å². The fraction of sp³-hybridized carbons (Fsp3) is 0.269. The number of rotatable bonds is 6. The molecule has 35 heavy (non-hydrogen) atoms. The van der Waals surface area contributed by atoms with Crippen molar-refractivity contribution < 1.29 is 19.6 Å². The van der Waals surface area contributed by atoms with Crippen LogP contribution in [0.2, 0.25) is 0 Å². The summed E-state index contributed by atoms with van der Waals surface area (Å²) in [6.45, 7) is 6.46. The molecule has 3 aromatic rings. The molecular weight excluding hydrogens is 446 g/mol. The summed E-state index contributed by atoms with van der Waals surface area (Å²) in [5.41, 5.74) is 7.16. The van der Waals surface area contributed by atoms with Crippen molar-refractivity contribution in [2.45, 2.75) is 25.6 Å². The molecule has 9 heteroatoms. The number of amides is 3. The molecule has 9 nitrogen and oxygen atoms in total. The SMILES string of the molecule is C=CC(=O)NCc1ccc2c(c1)c1c(n2Cc2ccc(C(=O)NO)cc2)CN2CC1C(=O)N(C)C2. The number of fused-ring (bicyclic) bond motifs is 6. The highest BCUT2D eigenvalue weighted by molar-refractivity contribution is 5.95. The normalized spacial score (nSPS) is 18.8. The second kappa shape index (κ2) is 9.01. The van der Waals surface area contributed by atoms with E-state index >= 15 is 0 Å². The molecule has 3 heterocycles. The smallest absolute Gasteiger partial charge is 0.274 e. The molecule has 2 bridgehead atoms. The summed E-state index contributed by atoms with van der Waals surface area (Å²) in [7, 11) is 1.84. The van der Waals surface area contributed by atoms with E-state index in [1.165, 1.54) is 6.08 Å². The van der Waals surface area contributed by atoms with Gasteiger partial charge in [0.05, 0.1) is 12.6 Å². The Labute approximate surface area is 202 Å². The van der Waals surface area contributed by atoms with Gasteiger partial charge in [0.25, 0.3) is 5.91 Å². The quantitative estimate of drug-likeness (QED) is 0.288. The molecule has 2 aromatic carbocycles. The molecule has 2 aliphatic heterocycles. The third-order valence-electron chi connectivity index (χ3n) is 6.84. The zero-order valence-electron chi connectivity index (χ0n) is 19.5. The summed E-state index contributed by atoms with van der Waals surface area (Å²) in [4.78, 5) is 40.6. The van der Waals surface area contributed by atoms with E-state index in [-0.39, 0.29) is 17.7 Å². The van der Waals surface area contributed by atoms with Gasteiger partial charge in [-0.3, -0.25) is 24.5 Å². The number of nitrogens with zero attached hydrogens (tertiary/aromatic N) is 3. The summed E-state index contributed by atoms with van der Waals surface area (Å²) >= 11 is 0. The van der Waals surface area contributed by atoms with Gasteiger partial charge in [-0.1, -0.05) is 24.8 Å². The van der Waals surface area contributed by atoms with Crippen molar-refractivity contribution in [1.82, 2.24) is 25.2 Å². The lowest BCUT2D eigenvalue weighted by molar-refractivity contribution is -0.139. The Morgan fingerprint density at radius 1 is 1.17 bits per heavy atom. The van der Waals surface area contributed by atoms with Gasteiger partial charge in [0.1, 0.15) is 0 Å². The van der Waals surface area contributed by atoms with E-state index in [4.69, 9.17) is 5.21 Å². The van der Waals surface area contributed by atoms with E-state index in [0.717, 1.165) is 39.8 Å². The second-order valence-corrected chi connectivity index (χ2v) is 9.10. The minimum Gasteiger partial charge on any atom is -0.348 e. The van der Waals surface area contributed by atoms with Gasteiger partial charge in [0, 0.05) is 55.4 Å². The van der Waals surface area contributed by atoms with Crippen LogP contribution >= 0.6 is 0 Å². The second-order valence-electron chi connectivity index (χ2n) is 9.10. The van der Waals surface area contributed by atoms with Crippen molar-refractivity contribution >= 4 is 28.6 Å². The van der Waals surface area contributed by atoms with Crippen LogP contribution in [0, 0.1) is 0 Å². The number of carbonyl (C=O) groups is 3. The first kappa shape index (κ1) is 22.8. The number of hydroxylamine groups is 1. The summed E-state index contributed by atoms with van der Waals surface area (Å²) in [5.74, 6) is -0.914. The lowest BCUT2D eigenvalue weighted by Gasteiger charge is -2.42. The predicted octanol–water partition coefficient (Wildman–Crippen LogP) is 1.94. The molecule has 0 radical (unpaired) electrons. The Morgan fingerprint density at radius 3 is 2.63 bits per heavy atom. The minimum atomic E-state index is -0.556. The van der Waals surface area contributed by atoms with Crippen molar-refractivity contribution in [3.63, 3.8) is 0 Å². The van der Waals surface area contributed by atoms with Crippen molar-refractivity contribution in [2.75, 3.05) is 20.3 Å². The zero-order valence-corrected chi connectivity index (χ0v) is 19.5. The largest absolute Gasteiger partial charge is 0.348 e. The summed E-state index contributed by atoms with van der Waals surface area (Å²) in [6.07, 6.45) is 1.25. The third kappa shape index (κ3) is 4.09. The molecule has 2 atom stereocenters. The molecule has 2 aliphatic rings. The fourth-order valence-corrected chi connectivity index (χ4v) is 5.17. The van der Waals surface area contributed by atoms with Crippen LogP contribution in [0.15, 0.2) is 55.1 Å². The highest BCUT2D eigenvalue weighted by Gasteiger charge is 2.40. The van der Waals surface area contributed by atoms with E-state index in [2.05, 4.69) is 27.4 Å². The van der Waals surface area contributed by atoms with Crippen molar-refractivity contribution in [3.8, 4) is 0 Å². The number of nitrogens with one attached hydrogen (secondary N) is 2. The first-order valence-electron chi connectivity index (χ1n) is 11.4. The summed E-state index contributed by atoms with van der Waals surface area (Å²) in [5, 5.41) is 12.7. The zero-order chi connectivity index (χ0) is 24.7. The maximum absolute atomic E-state index is 13.1. The number of aromatic nitrogens is 1. The van der Waals surface area contributed by atoms with Crippen LogP contribution in [0.25, 0.3) is 10.9 Å². The Kier molecular flexibility index (Phi) is 5.88. The van der Waals surface area contributed by atoms with Gasteiger partial charge in [-0.25, -0.2) is 5.48 Å². The van der Waals surface area contributed by atoms with E-state index < -0.39 is 5.91 Å². The van der Waals surface area contributed by atoms with Crippen LogP contribution in [-0.2, 0) is 29.2 Å². The molecule has 1 fully saturated rings. The molecular formula is C26H27N5O4. The summed E-state index contributed by atoms with van der Waals surface area (Å²) < 4.78 is 2.25. The van der Waals surface area contributed by atoms with Crippen LogP contribution in [0.3, 0.4) is 0 Å².